The molecule has 0 unspecified atom stereocenters. The van der Waals surface area contributed by atoms with Crippen LogP contribution < -0.4 is 11.2 Å². The number of nitrogen functional groups attached to an aromatic ring is 1. The lowest BCUT2D eigenvalue weighted by atomic mass is 10.3. The number of amides is 1. The first-order valence-corrected chi connectivity index (χ1v) is 10.00. The molecule has 11 heteroatoms. The van der Waals surface area contributed by atoms with Crippen molar-refractivity contribution in [3.8, 4) is 10.7 Å². The Balaban J connectivity index is 1.62. The molecule has 2 heterocycles. The third-order valence-electron chi connectivity index (χ3n) is 3.12. The maximum absolute atomic E-state index is 12.6. The van der Waals surface area contributed by atoms with E-state index in [-0.39, 0.29) is 11.7 Å². The van der Waals surface area contributed by atoms with Gasteiger partial charge in [0.2, 0.25) is 11.1 Å². The molecule has 0 aliphatic carbocycles. The summed E-state index contributed by atoms with van der Waals surface area (Å²) in [7, 11) is 0. The van der Waals surface area contributed by atoms with Gasteiger partial charge >= 0.3 is 0 Å². The van der Waals surface area contributed by atoms with Crippen LogP contribution in [0.25, 0.3) is 10.7 Å². The second-order valence-corrected chi connectivity index (χ2v) is 7.79. The van der Waals surface area contributed by atoms with Crippen LogP contribution in [0.3, 0.4) is 0 Å². The van der Waals surface area contributed by atoms with Crippen LogP contribution in [0.15, 0.2) is 51.8 Å². The number of thiophene rings is 1. The molecule has 3 N–H and O–H groups in total. The van der Waals surface area contributed by atoms with Crippen molar-refractivity contribution in [1.82, 2.24) is 14.9 Å². The number of hydrogen-bond donors (Lipinski definition) is 2. The van der Waals surface area contributed by atoms with E-state index in [2.05, 4.69) is 15.5 Å². The molecule has 0 spiro atoms. The molecule has 3 aromatic rings. The van der Waals surface area contributed by atoms with Crippen molar-refractivity contribution in [3.63, 3.8) is 0 Å². The van der Waals surface area contributed by atoms with Gasteiger partial charge in [0.25, 0.3) is 5.76 Å². The number of nitrogens with two attached hydrogens (primary N) is 1. The number of para-hydroxylation sites is 1. The highest BCUT2D eigenvalue weighted by Crippen LogP contribution is 2.32. The molecule has 3 rings (SSSR count). The Morgan fingerprint density at radius 1 is 1.27 bits per heavy atom. The van der Waals surface area contributed by atoms with Gasteiger partial charge in [-0.25, -0.2) is 4.68 Å². The minimum absolute atomic E-state index is 0.0213. The van der Waals surface area contributed by atoms with Crippen molar-refractivity contribution in [2.24, 2.45) is 0 Å². The predicted molar refractivity (Wildman–Crippen MR) is 101 cm³/mol. The Morgan fingerprint density at radius 2 is 2.08 bits per heavy atom. The number of thioether (sulfide) groups is 2. The summed E-state index contributed by atoms with van der Waals surface area (Å²) in [6.45, 7) is 0. The maximum atomic E-state index is 12.6. The van der Waals surface area contributed by atoms with Crippen LogP contribution in [0.5, 0.6) is 0 Å². The van der Waals surface area contributed by atoms with E-state index in [1.807, 2.05) is 17.5 Å². The molecule has 0 atom stereocenters. The van der Waals surface area contributed by atoms with E-state index in [9.17, 15) is 13.6 Å². The Kier molecular flexibility index (Phi) is 6.12. The van der Waals surface area contributed by atoms with Gasteiger partial charge in [-0.1, -0.05) is 41.7 Å². The van der Waals surface area contributed by atoms with E-state index in [1.165, 1.54) is 22.1 Å². The SMILES string of the molecule is Nn1c(SCC(=O)Nc2ccccc2SC(F)F)nnc1-c1cccs1. The monoisotopic (exact) mass is 413 g/mol. The number of halogens is 2. The molecular weight excluding hydrogens is 400 g/mol. The predicted octanol–water partition coefficient (Wildman–Crippen LogP) is 3.77. The molecule has 1 aromatic carbocycles. The van der Waals surface area contributed by atoms with Crippen molar-refractivity contribution >= 4 is 46.5 Å². The van der Waals surface area contributed by atoms with Gasteiger partial charge in [0.05, 0.1) is 16.3 Å². The summed E-state index contributed by atoms with van der Waals surface area (Å²) in [6.07, 6.45) is 0. The third kappa shape index (κ3) is 4.54. The topological polar surface area (TPSA) is 85.8 Å². The zero-order chi connectivity index (χ0) is 18.5. The first-order chi connectivity index (χ1) is 12.5. The Morgan fingerprint density at radius 3 is 2.81 bits per heavy atom. The number of carbonyl (C=O) groups is 1. The van der Waals surface area contributed by atoms with Crippen LogP contribution in [0.1, 0.15) is 0 Å². The fourth-order valence-electron chi connectivity index (χ4n) is 2.03. The molecule has 0 fully saturated rings. The summed E-state index contributed by atoms with van der Waals surface area (Å²) in [5.74, 6) is 3.60. The summed E-state index contributed by atoms with van der Waals surface area (Å²) in [5, 5.41) is 12.9. The molecule has 0 radical (unpaired) electrons. The number of aromatic nitrogens is 3. The molecule has 0 saturated heterocycles. The van der Waals surface area contributed by atoms with E-state index < -0.39 is 5.76 Å². The summed E-state index contributed by atoms with van der Waals surface area (Å²) in [5.41, 5.74) is 0.344. The van der Waals surface area contributed by atoms with E-state index in [0.717, 1.165) is 16.6 Å². The van der Waals surface area contributed by atoms with E-state index in [1.54, 1.807) is 18.2 Å². The summed E-state index contributed by atoms with van der Waals surface area (Å²) < 4.78 is 26.5. The average Bonchev–Trinajstić information content (AvgIpc) is 3.24. The largest absolute Gasteiger partial charge is 0.335 e. The number of nitrogens with zero attached hydrogens (tertiary/aromatic N) is 3. The highest BCUT2D eigenvalue weighted by molar-refractivity contribution is 8.00. The maximum Gasteiger partial charge on any atom is 0.288 e. The number of rotatable bonds is 7. The standard InChI is InChI=1S/C15H13F2N5OS3/c16-14(17)26-10-5-2-1-4-9(10)19-12(23)8-25-15-21-20-13(22(15)18)11-6-3-7-24-11/h1-7,14H,8,18H2,(H,19,23). The van der Waals surface area contributed by atoms with Crippen LogP contribution >= 0.6 is 34.9 Å². The van der Waals surface area contributed by atoms with Crippen LogP contribution in [0.4, 0.5) is 14.5 Å². The lowest BCUT2D eigenvalue weighted by molar-refractivity contribution is -0.113. The first-order valence-electron chi connectivity index (χ1n) is 7.25. The van der Waals surface area contributed by atoms with Crippen molar-refractivity contribution in [1.29, 1.82) is 0 Å². The van der Waals surface area contributed by atoms with Crippen molar-refractivity contribution in [2.45, 2.75) is 15.8 Å². The molecule has 6 nitrogen and oxygen atoms in total. The van der Waals surface area contributed by atoms with Gasteiger partial charge in [0.1, 0.15) is 0 Å². The number of anilines is 1. The number of alkyl halides is 2. The second kappa shape index (κ2) is 8.52. The van der Waals surface area contributed by atoms with Gasteiger partial charge in [-0.05, 0) is 23.6 Å². The fraction of sp³-hybridized carbons (Fsp3) is 0.133. The third-order valence-corrected chi connectivity index (χ3v) is 5.71. The van der Waals surface area contributed by atoms with Crippen molar-refractivity contribution < 1.29 is 13.6 Å². The van der Waals surface area contributed by atoms with E-state index >= 15 is 0 Å². The zero-order valence-corrected chi connectivity index (χ0v) is 15.6. The van der Waals surface area contributed by atoms with Crippen LogP contribution in [0.2, 0.25) is 0 Å². The normalized spacial score (nSPS) is 11.0. The molecule has 2 aromatic heterocycles. The number of nitrogens with one attached hydrogen (secondary N) is 1. The molecular formula is C15H13F2N5OS3. The first kappa shape index (κ1) is 18.7. The van der Waals surface area contributed by atoms with E-state index in [0.29, 0.717) is 33.3 Å². The molecule has 0 aliphatic heterocycles. The summed E-state index contributed by atoms with van der Waals surface area (Å²) >= 11 is 2.98. The number of benzene rings is 1. The smallest absolute Gasteiger partial charge is 0.288 e. The Labute approximate surface area is 160 Å². The lowest BCUT2D eigenvalue weighted by Crippen LogP contribution is -2.16. The van der Waals surface area contributed by atoms with E-state index in [4.69, 9.17) is 5.84 Å². The highest BCUT2D eigenvalue weighted by atomic mass is 32.2. The molecule has 136 valence electrons. The van der Waals surface area contributed by atoms with Gasteiger partial charge in [0, 0.05) is 4.90 Å². The highest BCUT2D eigenvalue weighted by Gasteiger charge is 2.16. The number of carbonyl (C=O) groups excluding carboxylic acids is 1. The van der Waals surface area contributed by atoms with Crippen LogP contribution in [-0.4, -0.2) is 32.3 Å². The molecule has 26 heavy (non-hydrogen) atoms. The van der Waals surface area contributed by atoms with Gasteiger partial charge in [-0.15, -0.1) is 21.5 Å². The minimum atomic E-state index is -2.56. The average molecular weight is 414 g/mol. The molecule has 0 aliphatic rings. The zero-order valence-electron chi connectivity index (χ0n) is 13.1. The molecule has 0 bridgehead atoms. The Hall–Kier alpha value is -2.11. The Bertz CT molecular complexity index is 885. The number of hydrogen-bond acceptors (Lipinski definition) is 7. The minimum Gasteiger partial charge on any atom is -0.335 e. The van der Waals surface area contributed by atoms with Gasteiger partial charge < -0.3 is 11.2 Å². The summed E-state index contributed by atoms with van der Waals surface area (Å²) in [6, 6.07) is 10.2. The molecule has 1 amide bonds. The van der Waals surface area contributed by atoms with Crippen molar-refractivity contribution in [2.75, 3.05) is 16.9 Å². The molecule has 0 saturated carbocycles. The fourth-order valence-corrected chi connectivity index (χ4v) is 3.99. The quantitative estimate of drug-likeness (QED) is 0.453. The van der Waals surface area contributed by atoms with Crippen LogP contribution in [-0.2, 0) is 4.79 Å². The van der Waals surface area contributed by atoms with Gasteiger partial charge in [-0.2, -0.15) is 8.78 Å². The second-order valence-electron chi connectivity index (χ2n) is 4.86. The summed E-state index contributed by atoms with van der Waals surface area (Å²) in [4.78, 5) is 13.3. The van der Waals surface area contributed by atoms with Crippen molar-refractivity contribution in [3.05, 3.63) is 41.8 Å². The van der Waals surface area contributed by atoms with Crippen LogP contribution in [0, 0.1) is 0 Å². The van der Waals surface area contributed by atoms with Gasteiger partial charge in [0.15, 0.2) is 5.82 Å². The van der Waals surface area contributed by atoms with Gasteiger partial charge in [-0.3, -0.25) is 4.79 Å². The lowest BCUT2D eigenvalue weighted by Gasteiger charge is -2.10.